The Morgan fingerprint density at radius 1 is 1.00 bits per heavy atom. The molecule has 1 saturated carbocycles. The van der Waals surface area contributed by atoms with Gasteiger partial charge >= 0.3 is 23.9 Å². The van der Waals surface area contributed by atoms with E-state index in [1.807, 2.05) is 33.8 Å². The lowest BCUT2D eigenvalue weighted by Gasteiger charge is -2.62. The summed E-state index contributed by atoms with van der Waals surface area (Å²) >= 11 is 0. The number of carbonyl (C=O) groups is 4. The van der Waals surface area contributed by atoms with Crippen LogP contribution in [0.25, 0.3) is 0 Å². The first kappa shape index (κ1) is 34.5. The van der Waals surface area contributed by atoms with E-state index in [4.69, 9.17) is 28.4 Å². The summed E-state index contributed by atoms with van der Waals surface area (Å²) in [5, 5.41) is 0. The van der Waals surface area contributed by atoms with Crippen LogP contribution in [0.5, 0.6) is 0 Å². The maximum Gasteiger partial charge on any atom is 0.308 e. The average molecular weight is 605 g/mol. The fraction of sp³-hybridized carbons (Fsp3) is 0.697. The number of rotatable bonds is 12. The summed E-state index contributed by atoms with van der Waals surface area (Å²) in [5.74, 6) is -2.90. The van der Waals surface area contributed by atoms with Crippen LogP contribution in [0, 0.1) is 22.7 Å². The van der Waals surface area contributed by atoms with Crippen LogP contribution in [0.3, 0.4) is 0 Å². The van der Waals surface area contributed by atoms with Gasteiger partial charge in [-0.25, -0.2) is 0 Å². The van der Waals surface area contributed by atoms with E-state index in [1.165, 1.54) is 13.8 Å². The van der Waals surface area contributed by atoms with E-state index in [-0.39, 0.29) is 18.8 Å². The highest BCUT2D eigenvalue weighted by Gasteiger charge is 2.75. The third-order valence-electron chi connectivity index (χ3n) is 9.37. The van der Waals surface area contributed by atoms with E-state index >= 15 is 0 Å². The second kappa shape index (κ2) is 14.2. The van der Waals surface area contributed by atoms with E-state index in [0.29, 0.717) is 31.3 Å². The molecule has 0 aromatic rings. The molecule has 9 atom stereocenters. The standard InChI is InChI=1S/C33H48O10/c1-10-13-26(36)41-28-20(5)32(8,16-15-19(4)12-3)25-18-23(38-9)17-24-30(42-27(37)14-11-2)43-31(40-22(7)35)33(24,25)29(28)39-21(6)34/h12,15,17,20,23,25,28-31H,3,10-11,13-14,16,18H2,1-2,4-9H3/b19-15-/t20-,23+,25+,28-,29+,30+,31-,32-,33-/m1/s1. The Morgan fingerprint density at radius 2 is 1.60 bits per heavy atom. The molecule has 1 heterocycles. The molecule has 1 aliphatic heterocycles. The van der Waals surface area contributed by atoms with Gasteiger partial charge in [-0.1, -0.05) is 52.0 Å². The minimum atomic E-state index is -1.36. The summed E-state index contributed by atoms with van der Waals surface area (Å²) < 4.78 is 36.2. The van der Waals surface area contributed by atoms with Crippen LogP contribution in [-0.4, -0.2) is 61.9 Å². The highest BCUT2D eigenvalue weighted by atomic mass is 16.8. The minimum absolute atomic E-state index is 0.153. The van der Waals surface area contributed by atoms with E-state index in [2.05, 4.69) is 19.6 Å². The topological polar surface area (TPSA) is 124 Å². The molecule has 0 amide bonds. The Bertz CT molecular complexity index is 1140. The molecule has 1 saturated heterocycles. The Hall–Kier alpha value is -2.98. The monoisotopic (exact) mass is 604 g/mol. The first-order valence-electron chi connectivity index (χ1n) is 15.2. The summed E-state index contributed by atoms with van der Waals surface area (Å²) in [4.78, 5) is 51.3. The van der Waals surface area contributed by atoms with Gasteiger partial charge in [-0.05, 0) is 50.0 Å². The van der Waals surface area contributed by atoms with Gasteiger partial charge in [-0.2, -0.15) is 0 Å². The van der Waals surface area contributed by atoms with Crippen LogP contribution in [-0.2, 0) is 47.6 Å². The number of allylic oxidation sites excluding steroid dienone is 3. The molecular formula is C33H48O10. The molecular weight excluding hydrogens is 556 g/mol. The van der Waals surface area contributed by atoms with Crippen molar-refractivity contribution in [2.75, 3.05) is 7.11 Å². The summed E-state index contributed by atoms with van der Waals surface area (Å²) in [6, 6.07) is 0. The number of hydrogen-bond donors (Lipinski definition) is 0. The molecule has 240 valence electrons. The third kappa shape index (κ3) is 6.75. The van der Waals surface area contributed by atoms with Crippen molar-refractivity contribution in [2.24, 2.45) is 22.7 Å². The van der Waals surface area contributed by atoms with Gasteiger partial charge < -0.3 is 23.7 Å². The summed E-state index contributed by atoms with van der Waals surface area (Å²) in [6.45, 7) is 16.2. The van der Waals surface area contributed by atoms with Gasteiger partial charge in [0, 0.05) is 45.3 Å². The van der Waals surface area contributed by atoms with E-state index in [9.17, 15) is 19.2 Å². The first-order valence-corrected chi connectivity index (χ1v) is 15.2. The largest absolute Gasteiger partial charge is 0.458 e. The predicted octanol–water partition coefficient (Wildman–Crippen LogP) is 5.34. The second-order valence-electron chi connectivity index (χ2n) is 12.2. The zero-order chi connectivity index (χ0) is 32.1. The van der Waals surface area contributed by atoms with Gasteiger partial charge in [0.15, 0.2) is 6.10 Å². The summed E-state index contributed by atoms with van der Waals surface area (Å²) in [5.41, 5.74) is -0.572. The maximum atomic E-state index is 13.1. The van der Waals surface area contributed by atoms with Crippen molar-refractivity contribution < 1.29 is 47.6 Å². The summed E-state index contributed by atoms with van der Waals surface area (Å²) in [7, 11) is 1.59. The lowest BCUT2D eigenvalue weighted by atomic mass is 9.44. The van der Waals surface area contributed by atoms with Crippen molar-refractivity contribution in [3.05, 3.63) is 36.0 Å². The fourth-order valence-electron chi connectivity index (χ4n) is 7.09. The smallest absolute Gasteiger partial charge is 0.308 e. The van der Waals surface area contributed by atoms with Crippen LogP contribution in [0.2, 0.25) is 0 Å². The quantitative estimate of drug-likeness (QED) is 0.125. The lowest BCUT2D eigenvalue weighted by molar-refractivity contribution is -0.279. The van der Waals surface area contributed by atoms with Crippen molar-refractivity contribution in [1.29, 1.82) is 0 Å². The third-order valence-corrected chi connectivity index (χ3v) is 9.37. The number of methoxy groups -OCH3 is 1. The Kier molecular flexibility index (Phi) is 11.4. The molecule has 2 aliphatic carbocycles. The van der Waals surface area contributed by atoms with Gasteiger partial charge in [0.1, 0.15) is 11.5 Å². The number of carbonyl (C=O) groups excluding carboxylic acids is 4. The van der Waals surface area contributed by atoms with E-state index in [1.54, 1.807) is 13.2 Å². The molecule has 0 aromatic heterocycles. The zero-order valence-electron chi connectivity index (χ0n) is 26.8. The zero-order valence-corrected chi connectivity index (χ0v) is 26.8. The lowest BCUT2D eigenvalue weighted by Crippen LogP contribution is -2.69. The molecule has 0 N–H and O–H groups in total. The van der Waals surface area contributed by atoms with Crippen molar-refractivity contribution in [3.8, 4) is 0 Å². The van der Waals surface area contributed by atoms with E-state index < -0.39 is 71.5 Å². The van der Waals surface area contributed by atoms with Crippen molar-refractivity contribution in [2.45, 2.75) is 118 Å². The van der Waals surface area contributed by atoms with Gasteiger partial charge in [0.2, 0.25) is 12.6 Å². The molecule has 10 nitrogen and oxygen atoms in total. The maximum absolute atomic E-state index is 13.1. The highest BCUT2D eigenvalue weighted by molar-refractivity contribution is 5.71. The number of hydrogen-bond acceptors (Lipinski definition) is 10. The predicted molar refractivity (Wildman–Crippen MR) is 157 cm³/mol. The molecule has 3 rings (SSSR count). The van der Waals surface area contributed by atoms with Gasteiger partial charge in [-0.3, -0.25) is 23.9 Å². The molecule has 43 heavy (non-hydrogen) atoms. The molecule has 0 aromatic carbocycles. The highest BCUT2D eigenvalue weighted by Crippen LogP contribution is 2.68. The Balaban J connectivity index is 2.39. The molecule has 10 heteroatoms. The van der Waals surface area contributed by atoms with Crippen LogP contribution in [0.4, 0.5) is 0 Å². The molecule has 2 fully saturated rings. The van der Waals surface area contributed by atoms with E-state index in [0.717, 1.165) is 5.57 Å². The van der Waals surface area contributed by atoms with Gasteiger partial charge in [0.25, 0.3) is 0 Å². The van der Waals surface area contributed by atoms with Crippen LogP contribution in [0.15, 0.2) is 36.0 Å². The number of esters is 4. The fourth-order valence-corrected chi connectivity index (χ4v) is 7.09. The van der Waals surface area contributed by atoms with Crippen LogP contribution < -0.4 is 0 Å². The molecule has 0 bridgehead atoms. The Morgan fingerprint density at radius 3 is 2.14 bits per heavy atom. The normalized spacial score (nSPS) is 35.1. The molecule has 0 radical (unpaired) electrons. The first-order chi connectivity index (χ1) is 20.3. The van der Waals surface area contributed by atoms with Crippen molar-refractivity contribution in [1.82, 2.24) is 0 Å². The van der Waals surface area contributed by atoms with Crippen LogP contribution >= 0.6 is 0 Å². The van der Waals surface area contributed by atoms with Gasteiger partial charge in [0.05, 0.1) is 6.10 Å². The molecule has 0 unspecified atom stereocenters. The van der Waals surface area contributed by atoms with Gasteiger partial charge in [-0.15, -0.1) is 0 Å². The average Bonchev–Trinajstić information content (AvgIpc) is 3.23. The Labute approximate surface area is 255 Å². The summed E-state index contributed by atoms with van der Waals surface area (Å²) in [6.07, 6.45) is 3.07. The SMILES string of the molecule is C=C/C(C)=C\C[C@]1(C)[C@H](C)[C@@H](OC(=O)CCC)[C@H](OC(C)=O)[C@@]23C(=C[C@H](OC)C[C@@H]12)[C@@H](OC(=O)CCC)O[C@H]3OC(C)=O. The second-order valence-corrected chi connectivity index (χ2v) is 12.2. The van der Waals surface area contributed by atoms with Crippen molar-refractivity contribution >= 4 is 23.9 Å². The van der Waals surface area contributed by atoms with Crippen LogP contribution in [0.1, 0.15) is 87.0 Å². The molecule has 3 aliphatic rings. The molecule has 1 spiro atoms. The number of ether oxygens (including phenoxy) is 6. The van der Waals surface area contributed by atoms with Crippen molar-refractivity contribution in [3.63, 3.8) is 0 Å². The minimum Gasteiger partial charge on any atom is -0.458 e.